The summed E-state index contributed by atoms with van der Waals surface area (Å²) >= 11 is 0. The molecule has 2 rings (SSSR count). The molecule has 0 aromatic heterocycles. The minimum atomic E-state index is -3.39. The van der Waals surface area contributed by atoms with Crippen LogP contribution < -0.4 is 5.32 Å². The van der Waals surface area contributed by atoms with E-state index in [-0.39, 0.29) is 6.04 Å². The summed E-state index contributed by atoms with van der Waals surface area (Å²) in [5.74, 6) is 0. The summed E-state index contributed by atoms with van der Waals surface area (Å²) in [4.78, 5) is 0.343. The Kier molecular flexibility index (Phi) is 3.73. The predicted molar refractivity (Wildman–Crippen MR) is 73.1 cm³/mol. The second-order valence-electron chi connectivity index (χ2n) is 4.37. The molecule has 1 N–H and O–H groups in total. The second kappa shape index (κ2) is 5.12. The normalized spacial score (nSPS) is 15.7. The number of nitrogens with one attached hydrogen (secondary N) is 1. The molecule has 18 heavy (non-hydrogen) atoms. The average molecular weight is 266 g/mol. The van der Waals surface area contributed by atoms with Crippen LogP contribution in [-0.2, 0) is 10.0 Å². The van der Waals surface area contributed by atoms with Crippen molar-refractivity contribution >= 4 is 15.7 Å². The quantitative estimate of drug-likeness (QED) is 0.802. The Balaban J connectivity index is 2.29. The number of rotatable bonds is 6. The molecule has 4 nitrogen and oxygen atoms in total. The van der Waals surface area contributed by atoms with Gasteiger partial charge in [0.2, 0.25) is 10.0 Å². The fourth-order valence-corrected chi connectivity index (χ4v) is 3.52. The van der Waals surface area contributed by atoms with Gasteiger partial charge in [0.25, 0.3) is 0 Å². The molecule has 0 unspecified atom stereocenters. The zero-order valence-electron chi connectivity index (χ0n) is 10.5. The van der Waals surface area contributed by atoms with Gasteiger partial charge in [0.15, 0.2) is 0 Å². The van der Waals surface area contributed by atoms with Gasteiger partial charge in [-0.15, -0.1) is 6.58 Å². The van der Waals surface area contributed by atoms with Gasteiger partial charge in [-0.25, -0.2) is 8.42 Å². The van der Waals surface area contributed by atoms with E-state index in [0.717, 1.165) is 18.5 Å². The van der Waals surface area contributed by atoms with Crippen LogP contribution in [0.2, 0.25) is 0 Å². The molecule has 0 amide bonds. The van der Waals surface area contributed by atoms with E-state index >= 15 is 0 Å². The molecule has 1 fully saturated rings. The smallest absolute Gasteiger partial charge is 0.243 e. The summed E-state index contributed by atoms with van der Waals surface area (Å²) in [6.07, 6.45) is 3.53. The molecule has 0 radical (unpaired) electrons. The highest BCUT2D eigenvalue weighted by atomic mass is 32.2. The van der Waals surface area contributed by atoms with Crippen LogP contribution in [-0.4, -0.2) is 32.4 Å². The van der Waals surface area contributed by atoms with Crippen LogP contribution in [0.5, 0.6) is 0 Å². The Hall–Kier alpha value is -1.33. The Morgan fingerprint density at radius 2 is 2.00 bits per heavy atom. The van der Waals surface area contributed by atoms with Gasteiger partial charge in [0.1, 0.15) is 0 Å². The van der Waals surface area contributed by atoms with Gasteiger partial charge >= 0.3 is 0 Å². The van der Waals surface area contributed by atoms with E-state index in [0.29, 0.717) is 11.4 Å². The first kappa shape index (κ1) is 13.1. The molecule has 5 heteroatoms. The molecule has 0 atom stereocenters. The Morgan fingerprint density at radius 1 is 1.39 bits per heavy atom. The van der Waals surface area contributed by atoms with Crippen LogP contribution >= 0.6 is 0 Å². The van der Waals surface area contributed by atoms with E-state index in [4.69, 9.17) is 0 Å². The van der Waals surface area contributed by atoms with Gasteiger partial charge in [0, 0.05) is 25.3 Å². The van der Waals surface area contributed by atoms with Gasteiger partial charge < -0.3 is 5.32 Å². The number of benzene rings is 1. The van der Waals surface area contributed by atoms with Crippen molar-refractivity contribution < 1.29 is 8.42 Å². The molecule has 0 spiro atoms. The lowest BCUT2D eigenvalue weighted by Crippen LogP contribution is -2.33. The molecule has 1 aromatic carbocycles. The standard InChI is InChI=1S/C13H18N2O2S/c1-3-10-15(12-6-7-12)18(16,17)13-8-4-11(14-2)5-9-13/h3-5,8-9,12,14H,1,6-7,10H2,2H3. The van der Waals surface area contributed by atoms with Crippen LogP contribution in [0, 0.1) is 0 Å². The lowest BCUT2D eigenvalue weighted by atomic mass is 10.3. The van der Waals surface area contributed by atoms with E-state index in [1.54, 1.807) is 37.4 Å². The molecule has 98 valence electrons. The van der Waals surface area contributed by atoms with Crippen molar-refractivity contribution in [3.63, 3.8) is 0 Å². The Morgan fingerprint density at radius 3 is 2.44 bits per heavy atom. The van der Waals surface area contributed by atoms with Gasteiger partial charge in [-0.2, -0.15) is 4.31 Å². The summed E-state index contributed by atoms with van der Waals surface area (Å²) in [6, 6.07) is 6.97. The maximum Gasteiger partial charge on any atom is 0.243 e. The van der Waals surface area contributed by atoms with Crippen molar-refractivity contribution in [2.75, 3.05) is 18.9 Å². The molecular weight excluding hydrogens is 248 g/mol. The van der Waals surface area contributed by atoms with Crippen molar-refractivity contribution in [2.24, 2.45) is 0 Å². The summed E-state index contributed by atoms with van der Waals surface area (Å²) in [5.41, 5.74) is 0.899. The lowest BCUT2D eigenvalue weighted by molar-refractivity contribution is 0.436. The number of nitrogens with zero attached hydrogens (tertiary/aromatic N) is 1. The van der Waals surface area contributed by atoms with Crippen LogP contribution in [0.3, 0.4) is 0 Å². The third-order valence-corrected chi connectivity index (χ3v) is 4.95. The number of sulfonamides is 1. The first-order valence-corrected chi connectivity index (χ1v) is 7.44. The third kappa shape index (κ3) is 2.57. The number of anilines is 1. The lowest BCUT2D eigenvalue weighted by Gasteiger charge is -2.20. The zero-order valence-corrected chi connectivity index (χ0v) is 11.3. The van der Waals surface area contributed by atoms with Crippen molar-refractivity contribution in [1.29, 1.82) is 0 Å². The van der Waals surface area contributed by atoms with Crippen LogP contribution in [0.15, 0.2) is 41.8 Å². The van der Waals surface area contributed by atoms with Crippen LogP contribution in [0.25, 0.3) is 0 Å². The summed E-state index contributed by atoms with van der Waals surface area (Å²) in [5, 5.41) is 2.97. The summed E-state index contributed by atoms with van der Waals surface area (Å²) in [7, 11) is -1.59. The van der Waals surface area contributed by atoms with Crippen molar-refractivity contribution in [3.05, 3.63) is 36.9 Å². The van der Waals surface area contributed by atoms with Crippen molar-refractivity contribution in [3.8, 4) is 0 Å². The van der Waals surface area contributed by atoms with E-state index in [2.05, 4.69) is 11.9 Å². The van der Waals surface area contributed by atoms with Crippen molar-refractivity contribution in [2.45, 2.75) is 23.8 Å². The first-order chi connectivity index (χ1) is 8.59. The molecule has 0 heterocycles. The van der Waals surface area contributed by atoms with E-state index in [1.807, 2.05) is 0 Å². The molecule has 0 aliphatic heterocycles. The maximum atomic E-state index is 12.5. The first-order valence-electron chi connectivity index (χ1n) is 6.00. The Bertz CT molecular complexity index is 518. The molecule has 1 aromatic rings. The van der Waals surface area contributed by atoms with E-state index in [1.165, 1.54) is 4.31 Å². The fraction of sp³-hybridized carbons (Fsp3) is 0.385. The van der Waals surface area contributed by atoms with E-state index < -0.39 is 10.0 Å². The molecular formula is C13H18N2O2S. The van der Waals surface area contributed by atoms with Gasteiger partial charge in [-0.1, -0.05) is 6.08 Å². The molecule has 1 aliphatic carbocycles. The van der Waals surface area contributed by atoms with Crippen molar-refractivity contribution in [1.82, 2.24) is 4.31 Å². The third-order valence-electron chi connectivity index (χ3n) is 3.01. The van der Waals surface area contributed by atoms with Gasteiger partial charge in [0.05, 0.1) is 4.90 Å². The highest BCUT2D eigenvalue weighted by Crippen LogP contribution is 2.32. The van der Waals surface area contributed by atoms with Gasteiger partial charge in [-0.05, 0) is 37.1 Å². The molecule has 1 aliphatic rings. The summed E-state index contributed by atoms with van der Waals surface area (Å²) in [6.45, 7) is 4.00. The van der Waals surface area contributed by atoms with E-state index in [9.17, 15) is 8.42 Å². The van der Waals surface area contributed by atoms with Gasteiger partial charge in [-0.3, -0.25) is 0 Å². The largest absolute Gasteiger partial charge is 0.388 e. The minimum Gasteiger partial charge on any atom is -0.388 e. The molecule has 0 bridgehead atoms. The monoisotopic (exact) mass is 266 g/mol. The van der Waals surface area contributed by atoms with Crippen LogP contribution in [0.4, 0.5) is 5.69 Å². The predicted octanol–water partition coefficient (Wildman–Crippen LogP) is 2.07. The number of hydrogen-bond acceptors (Lipinski definition) is 3. The second-order valence-corrected chi connectivity index (χ2v) is 6.26. The SMILES string of the molecule is C=CCN(C1CC1)S(=O)(=O)c1ccc(NC)cc1. The molecule has 0 saturated heterocycles. The highest BCUT2D eigenvalue weighted by molar-refractivity contribution is 7.89. The topological polar surface area (TPSA) is 49.4 Å². The minimum absolute atomic E-state index is 0.150. The Labute approximate surface area is 108 Å². The average Bonchev–Trinajstić information content (AvgIpc) is 3.20. The van der Waals surface area contributed by atoms with Crippen LogP contribution in [0.1, 0.15) is 12.8 Å². The zero-order chi connectivity index (χ0) is 13.2. The summed E-state index contributed by atoms with van der Waals surface area (Å²) < 4.78 is 26.5. The number of hydrogen-bond donors (Lipinski definition) is 1. The molecule has 1 saturated carbocycles. The fourth-order valence-electron chi connectivity index (χ4n) is 1.86. The highest BCUT2D eigenvalue weighted by Gasteiger charge is 2.37. The maximum absolute atomic E-state index is 12.5.